The van der Waals surface area contributed by atoms with Crippen molar-refractivity contribution in [3.8, 4) is 0 Å². The maximum atomic E-state index is 11.6. The first-order chi connectivity index (χ1) is 9.28. The minimum Gasteiger partial charge on any atom is -0.465 e. The van der Waals surface area contributed by atoms with E-state index in [0.717, 1.165) is 25.9 Å². The molecule has 0 fully saturated rings. The quantitative estimate of drug-likeness (QED) is 0.760. The molecule has 1 aliphatic heterocycles. The predicted octanol–water partition coefficient (Wildman–Crippen LogP) is 2.33. The Morgan fingerprint density at radius 1 is 1.21 bits per heavy atom. The molecule has 1 aromatic carbocycles. The van der Waals surface area contributed by atoms with Crippen LogP contribution in [0.1, 0.15) is 21.5 Å². The summed E-state index contributed by atoms with van der Waals surface area (Å²) in [5.41, 5.74) is 4.59. The molecule has 0 atom stereocenters. The molecule has 0 spiro atoms. The van der Waals surface area contributed by atoms with Crippen molar-refractivity contribution in [1.29, 1.82) is 0 Å². The summed E-state index contributed by atoms with van der Waals surface area (Å²) in [5, 5.41) is 0. The maximum absolute atomic E-state index is 11.6. The zero-order valence-corrected chi connectivity index (χ0v) is 11.1. The van der Waals surface area contributed by atoms with Crippen LogP contribution in [-0.2, 0) is 17.6 Å². The van der Waals surface area contributed by atoms with E-state index in [0.29, 0.717) is 5.56 Å². The van der Waals surface area contributed by atoms with Gasteiger partial charge in [-0.3, -0.25) is 0 Å². The number of benzene rings is 1. The number of carbonyl (C=O) groups excluding carboxylic acids is 1. The van der Waals surface area contributed by atoms with Gasteiger partial charge in [-0.25, -0.2) is 4.79 Å². The van der Waals surface area contributed by atoms with Gasteiger partial charge in [0.2, 0.25) is 0 Å². The largest absolute Gasteiger partial charge is 0.465 e. The van der Waals surface area contributed by atoms with Crippen molar-refractivity contribution in [2.24, 2.45) is 0 Å². The fraction of sp³-hybridized carbons (Fsp3) is 0.312. The zero-order chi connectivity index (χ0) is 13.2. The van der Waals surface area contributed by atoms with Gasteiger partial charge in [0, 0.05) is 18.8 Å². The van der Waals surface area contributed by atoms with Crippen LogP contribution in [0.15, 0.2) is 42.1 Å². The molecule has 0 amide bonds. The van der Waals surface area contributed by atoms with Crippen LogP contribution >= 0.6 is 0 Å². The highest BCUT2D eigenvalue weighted by Crippen LogP contribution is 2.22. The number of carbonyl (C=O) groups is 1. The number of esters is 1. The van der Waals surface area contributed by atoms with Crippen LogP contribution in [0.2, 0.25) is 0 Å². The van der Waals surface area contributed by atoms with Gasteiger partial charge in [-0.1, -0.05) is 12.1 Å². The van der Waals surface area contributed by atoms with Crippen LogP contribution < -0.4 is 0 Å². The molecule has 98 valence electrons. The second-order valence-electron chi connectivity index (χ2n) is 4.91. The first-order valence-corrected chi connectivity index (χ1v) is 6.61. The number of methoxy groups -OCH3 is 1. The molecule has 0 saturated carbocycles. The number of rotatable bonds is 2. The minimum absolute atomic E-state index is 0.256. The summed E-state index contributed by atoms with van der Waals surface area (Å²) in [6.45, 7) is 2.05. The van der Waals surface area contributed by atoms with Crippen molar-refractivity contribution < 1.29 is 9.53 Å². The summed E-state index contributed by atoms with van der Waals surface area (Å²) >= 11 is 0. The second kappa shape index (κ2) is 4.92. The average Bonchev–Trinajstić information content (AvgIpc) is 2.58. The lowest BCUT2D eigenvalue weighted by Gasteiger charge is -2.26. The van der Waals surface area contributed by atoms with Crippen molar-refractivity contribution in [3.63, 3.8) is 0 Å². The molecule has 0 N–H and O–H groups in total. The van der Waals surface area contributed by atoms with Crippen LogP contribution in [0.25, 0.3) is 0 Å². The van der Waals surface area contributed by atoms with Crippen molar-refractivity contribution in [2.45, 2.75) is 12.8 Å². The van der Waals surface area contributed by atoms with Gasteiger partial charge in [0.05, 0.1) is 12.7 Å². The molecule has 0 radical (unpaired) electrons. The lowest BCUT2D eigenvalue weighted by molar-refractivity contribution is 0.0600. The molecule has 3 rings (SSSR count). The van der Waals surface area contributed by atoms with Crippen molar-refractivity contribution in [2.75, 3.05) is 20.2 Å². The van der Waals surface area contributed by atoms with E-state index in [1.165, 1.54) is 23.9 Å². The normalized spacial score (nSPS) is 17.1. The van der Waals surface area contributed by atoms with Crippen molar-refractivity contribution >= 4 is 5.97 Å². The molecule has 1 heterocycles. The van der Waals surface area contributed by atoms with E-state index in [-0.39, 0.29) is 5.97 Å². The van der Waals surface area contributed by atoms with Gasteiger partial charge < -0.3 is 9.64 Å². The number of hydrogen-bond donors (Lipinski definition) is 0. The minimum atomic E-state index is -0.256. The standard InChI is InChI=1S/C16H17NO2/c1-19-16(18)14-6-5-12-7-9-17(15-3-2-4-15)10-8-13(12)11-14/h2-6,11H,7-10H2,1H3. The highest BCUT2D eigenvalue weighted by atomic mass is 16.5. The van der Waals surface area contributed by atoms with Crippen LogP contribution in [0.5, 0.6) is 0 Å². The summed E-state index contributed by atoms with van der Waals surface area (Å²) < 4.78 is 4.78. The van der Waals surface area contributed by atoms with Crippen molar-refractivity contribution in [3.05, 3.63) is 58.8 Å². The van der Waals surface area contributed by atoms with E-state index in [2.05, 4.69) is 29.2 Å². The van der Waals surface area contributed by atoms with E-state index < -0.39 is 0 Å². The fourth-order valence-corrected chi connectivity index (χ4v) is 2.62. The smallest absolute Gasteiger partial charge is 0.337 e. The van der Waals surface area contributed by atoms with Gasteiger partial charge in [-0.2, -0.15) is 0 Å². The molecule has 1 aliphatic carbocycles. The van der Waals surface area contributed by atoms with Gasteiger partial charge in [0.25, 0.3) is 0 Å². The summed E-state index contributed by atoms with van der Waals surface area (Å²) in [7, 11) is 1.42. The molecule has 0 saturated heterocycles. The molecule has 0 unspecified atom stereocenters. The fourth-order valence-electron chi connectivity index (χ4n) is 2.62. The van der Waals surface area contributed by atoms with Crippen molar-refractivity contribution in [1.82, 2.24) is 4.90 Å². The Morgan fingerprint density at radius 2 is 1.95 bits per heavy atom. The van der Waals surface area contributed by atoms with E-state index in [1.54, 1.807) is 0 Å². The first kappa shape index (κ1) is 12.0. The average molecular weight is 255 g/mol. The highest BCUT2D eigenvalue weighted by Gasteiger charge is 2.17. The van der Waals surface area contributed by atoms with Crippen LogP contribution in [-0.4, -0.2) is 31.1 Å². The second-order valence-corrected chi connectivity index (χ2v) is 4.91. The molecule has 19 heavy (non-hydrogen) atoms. The SMILES string of the molecule is COC(=O)c1ccc2c(c1)CCN(C1=CC=C1)CC2. The summed E-state index contributed by atoms with van der Waals surface area (Å²) in [5.74, 6) is -0.256. The van der Waals surface area contributed by atoms with Crippen LogP contribution in [0.3, 0.4) is 0 Å². The first-order valence-electron chi connectivity index (χ1n) is 6.61. The summed E-state index contributed by atoms with van der Waals surface area (Å²) in [6.07, 6.45) is 8.38. The van der Waals surface area contributed by atoms with Gasteiger partial charge in [0.15, 0.2) is 0 Å². The number of allylic oxidation sites excluding steroid dienone is 3. The summed E-state index contributed by atoms with van der Waals surface area (Å²) in [4.78, 5) is 14.0. The Labute approximate surface area is 113 Å². The Bertz CT molecular complexity index is 572. The van der Waals surface area contributed by atoms with E-state index in [1.807, 2.05) is 12.1 Å². The Hall–Kier alpha value is -2.03. The maximum Gasteiger partial charge on any atom is 0.337 e. The topological polar surface area (TPSA) is 29.5 Å². The van der Waals surface area contributed by atoms with Crippen LogP contribution in [0, 0.1) is 0 Å². The third-order valence-electron chi connectivity index (χ3n) is 3.83. The molecular formula is C16H17NO2. The Morgan fingerprint density at radius 3 is 2.58 bits per heavy atom. The third-order valence-corrected chi connectivity index (χ3v) is 3.83. The summed E-state index contributed by atoms with van der Waals surface area (Å²) in [6, 6.07) is 5.91. The predicted molar refractivity (Wildman–Crippen MR) is 74.0 cm³/mol. The molecular weight excluding hydrogens is 238 g/mol. The van der Waals surface area contributed by atoms with Gasteiger partial charge in [0.1, 0.15) is 0 Å². The van der Waals surface area contributed by atoms with Crippen LogP contribution in [0.4, 0.5) is 0 Å². The molecule has 1 aromatic rings. The number of hydrogen-bond acceptors (Lipinski definition) is 3. The van der Waals surface area contributed by atoms with Gasteiger partial charge in [-0.15, -0.1) is 0 Å². The Balaban J connectivity index is 1.80. The molecule has 0 bridgehead atoms. The van der Waals surface area contributed by atoms with E-state index in [9.17, 15) is 4.79 Å². The zero-order valence-electron chi connectivity index (χ0n) is 11.1. The molecule has 0 aromatic heterocycles. The van der Waals surface area contributed by atoms with E-state index in [4.69, 9.17) is 4.74 Å². The number of ether oxygens (including phenoxy) is 1. The highest BCUT2D eigenvalue weighted by molar-refractivity contribution is 5.89. The number of fused-ring (bicyclic) bond motifs is 1. The monoisotopic (exact) mass is 255 g/mol. The lowest BCUT2D eigenvalue weighted by atomic mass is 10.0. The lowest BCUT2D eigenvalue weighted by Crippen LogP contribution is -2.26. The number of nitrogens with zero attached hydrogens (tertiary/aromatic N) is 1. The Kier molecular flexibility index (Phi) is 3.11. The molecule has 3 nitrogen and oxygen atoms in total. The van der Waals surface area contributed by atoms with Gasteiger partial charge >= 0.3 is 5.97 Å². The van der Waals surface area contributed by atoms with Gasteiger partial charge in [-0.05, 0) is 48.3 Å². The van der Waals surface area contributed by atoms with E-state index >= 15 is 0 Å². The molecule has 2 aliphatic rings. The third kappa shape index (κ3) is 2.28. The molecule has 3 heteroatoms.